The monoisotopic (exact) mass is 493 g/mol. The van der Waals surface area contributed by atoms with Gasteiger partial charge >= 0.3 is 0 Å². The van der Waals surface area contributed by atoms with Crippen LogP contribution in [-0.2, 0) is 21.4 Å². The maximum Gasteiger partial charge on any atom is 0.241 e. The van der Waals surface area contributed by atoms with Crippen molar-refractivity contribution in [1.82, 2.24) is 19.2 Å². The second-order valence-electron chi connectivity index (χ2n) is 9.73. The van der Waals surface area contributed by atoms with E-state index >= 15 is 0 Å². The number of nitrogens with one attached hydrogen (secondary N) is 2. The molecule has 1 unspecified atom stereocenters. The molecule has 0 spiro atoms. The normalized spacial score (nSPS) is 21.4. The minimum Gasteiger partial charge on any atom is -0.361 e. The quantitative estimate of drug-likeness (QED) is 0.524. The van der Waals surface area contributed by atoms with Crippen LogP contribution < -0.4 is 4.72 Å². The number of benzene rings is 1. The summed E-state index contributed by atoms with van der Waals surface area (Å²) >= 11 is 0. The molecule has 0 bridgehead atoms. The number of hydrogen-bond donors (Lipinski definition) is 2. The van der Waals surface area contributed by atoms with Crippen LogP contribution in [0.25, 0.3) is 10.9 Å². The first-order valence-electron chi connectivity index (χ1n) is 12.4. The van der Waals surface area contributed by atoms with Crippen molar-refractivity contribution >= 4 is 26.8 Å². The van der Waals surface area contributed by atoms with E-state index in [1.54, 1.807) is 47.3 Å². The summed E-state index contributed by atoms with van der Waals surface area (Å²) in [6.07, 6.45) is 9.55. The van der Waals surface area contributed by atoms with Crippen molar-refractivity contribution in [3.8, 4) is 6.07 Å². The SMILES string of the molecule is N#Cc1cccn1CCC(NS(=O)(=O)c1cccc2[nH]ccc12)C(=O)N1CC[C@@H]2CCCC[C@@H]2C1. The first-order chi connectivity index (χ1) is 17.0. The third kappa shape index (κ3) is 4.86. The Morgan fingerprint density at radius 2 is 1.97 bits per heavy atom. The van der Waals surface area contributed by atoms with Gasteiger partial charge in [-0.05, 0) is 61.4 Å². The Bertz CT molecular complexity index is 1350. The third-order valence-electron chi connectivity index (χ3n) is 7.65. The molecular formula is C26H31N5O3S. The van der Waals surface area contributed by atoms with Crippen LogP contribution in [0.1, 0.15) is 44.2 Å². The number of nitrogens with zero attached hydrogens (tertiary/aromatic N) is 3. The molecule has 0 radical (unpaired) electrons. The van der Waals surface area contributed by atoms with Crippen LogP contribution in [0.2, 0.25) is 0 Å². The average molecular weight is 494 g/mol. The minimum absolute atomic E-state index is 0.152. The molecule has 1 amide bonds. The second-order valence-corrected chi connectivity index (χ2v) is 11.4. The lowest BCUT2D eigenvalue weighted by molar-refractivity contribution is -0.136. The summed E-state index contributed by atoms with van der Waals surface area (Å²) in [6.45, 7) is 1.73. The minimum atomic E-state index is -3.96. The summed E-state index contributed by atoms with van der Waals surface area (Å²) in [5, 5.41) is 9.94. The van der Waals surface area contributed by atoms with Gasteiger partial charge in [0, 0.05) is 42.9 Å². The Balaban J connectivity index is 1.40. The highest BCUT2D eigenvalue weighted by Gasteiger charge is 2.36. The highest BCUT2D eigenvalue weighted by Crippen LogP contribution is 2.36. The average Bonchev–Trinajstić information content (AvgIpc) is 3.54. The Kier molecular flexibility index (Phi) is 6.67. The molecule has 1 aliphatic heterocycles. The number of likely N-dealkylation sites (tertiary alicyclic amines) is 1. The van der Waals surface area contributed by atoms with Gasteiger partial charge in [-0.25, -0.2) is 8.42 Å². The van der Waals surface area contributed by atoms with Crippen LogP contribution in [0.15, 0.2) is 53.7 Å². The molecule has 9 heteroatoms. The van der Waals surface area contributed by atoms with Gasteiger partial charge in [0.15, 0.2) is 0 Å². The lowest BCUT2D eigenvalue weighted by Crippen LogP contribution is -2.53. The van der Waals surface area contributed by atoms with Gasteiger partial charge < -0.3 is 14.5 Å². The summed E-state index contributed by atoms with van der Waals surface area (Å²) in [6, 6.07) is 11.5. The van der Waals surface area contributed by atoms with E-state index in [0.717, 1.165) is 18.4 Å². The number of fused-ring (bicyclic) bond motifs is 2. The smallest absolute Gasteiger partial charge is 0.241 e. The summed E-state index contributed by atoms with van der Waals surface area (Å²) in [4.78, 5) is 18.8. The maximum absolute atomic E-state index is 13.7. The number of aromatic nitrogens is 2. The van der Waals surface area contributed by atoms with Gasteiger partial charge in [-0.1, -0.05) is 25.3 Å². The number of rotatable bonds is 7. The fourth-order valence-corrected chi connectivity index (χ4v) is 7.22. The number of piperidine rings is 1. The zero-order chi connectivity index (χ0) is 24.4. The molecule has 2 N–H and O–H groups in total. The molecular weight excluding hydrogens is 462 g/mol. The largest absolute Gasteiger partial charge is 0.361 e. The van der Waals surface area contributed by atoms with Gasteiger partial charge in [-0.15, -0.1) is 0 Å². The Morgan fingerprint density at radius 3 is 2.80 bits per heavy atom. The number of H-pyrrole nitrogens is 1. The van der Waals surface area contributed by atoms with E-state index in [0.29, 0.717) is 42.6 Å². The van der Waals surface area contributed by atoms with Crippen molar-refractivity contribution in [2.75, 3.05) is 13.1 Å². The summed E-state index contributed by atoms with van der Waals surface area (Å²) in [5.74, 6) is 0.999. The van der Waals surface area contributed by atoms with Crippen molar-refractivity contribution in [2.45, 2.75) is 56.0 Å². The fraction of sp³-hybridized carbons (Fsp3) is 0.462. The van der Waals surface area contributed by atoms with Crippen molar-refractivity contribution in [1.29, 1.82) is 5.26 Å². The highest BCUT2D eigenvalue weighted by atomic mass is 32.2. The van der Waals surface area contributed by atoms with E-state index in [1.165, 1.54) is 19.3 Å². The molecule has 8 nitrogen and oxygen atoms in total. The van der Waals surface area contributed by atoms with Crippen LogP contribution in [0.5, 0.6) is 0 Å². The molecule has 1 aliphatic carbocycles. The van der Waals surface area contributed by atoms with Crippen molar-refractivity contribution < 1.29 is 13.2 Å². The van der Waals surface area contributed by atoms with E-state index in [9.17, 15) is 18.5 Å². The number of aryl methyl sites for hydroxylation is 1. The number of carbonyl (C=O) groups is 1. The van der Waals surface area contributed by atoms with Crippen LogP contribution >= 0.6 is 0 Å². The van der Waals surface area contributed by atoms with E-state index < -0.39 is 16.1 Å². The van der Waals surface area contributed by atoms with Crippen LogP contribution in [0, 0.1) is 23.2 Å². The molecule has 1 saturated heterocycles. The van der Waals surface area contributed by atoms with E-state index in [2.05, 4.69) is 15.8 Å². The lowest BCUT2D eigenvalue weighted by atomic mass is 9.75. The number of amides is 1. The van der Waals surface area contributed by atoms with Gasteiger partial charge in [0.1, 0.15) is 17.8 Å². The van der Waals surface area contributed by atoms with E-state index in [4.69, 9.17) is 0 Å². The Morgan fingerprint density at radius 1 is 1.14 bits per heavy atom. The molecule has 2 fully saturated rings. The van der Waals surface area contributed by atoms with Crippen molar-refractivity contribution in [3.05, 3.63) is 54.5 Å². The molecule has 3 aromatic rings. The molecule has 184 valence electrons. The van der Waals surface area contributed by atoms with Crippen molar-refractivity contribution in [3.63, 3.8) is 0 Å². The van der Waals surface area contributed by atoms with Crippen LogP contribution in [0.4, 0.5) is 0 Å². The first kappa shape index (κ1) is 23.6. The molecule has 2 aliphatic rings. The van der Waals surface area contributed by atoms with Crippen molar-refractivity contribution in [2.24, 2.45) is 11.8 Å². The van der Waals surface area contributed by atoms with Crippen LogP contribution in [0.3, 0.4) is 0 Å². The first-order valence-corrected chi connectivity index (χ1v) is 13.9. The number of aromatic amines is 1. The van der Waals surface area contributed by atoms with Gasteiger partial charge in [-0.2, -0.15) is 9.98 Å². The van der Waals surface area contributed by atoms with Gasteiger partial charge in [0.25, 0.3) is 0 Å². The summed E-state index contributed by atoms with van der Waals surface area (Å²) < 4.78 is 31.5. The predicted octanol–water partition coefficient (Wildman–Crippen LogP) is 3.62. The third-order valence-corrected chi connectivity index (χ3v) is 9.18. The predicted molar refractivity (Wildman–Crippen MR) is 133 cm³/mol. The maximum atomic E-state index is 13.7. The lowest BCUT2D eigenvalue weighted by Gasteiger charge is -2.42. The molecule has 1 aromatic carbocycles. The van der Waals surface area contributed by atoms with E-state index in [1.807, 2.05) is 11.0 Å². The van der Waals surface area contributed by atoms with Crippen LogP contribution in [-0.4, -0.2) is 47.9 Å². The Hall–Kier alpha value is -3.09. The summed E-state index contributed by atoms with van der Waals surface area (Å²) in [5.41, 5.74) is 1.21. The zero-order valence-electron chi connectivity index (χ0n) is 19.7. The fourth-order valence-electron chi connectivity index (χ4n) is 5.77. The summed E-state index contributed by atoms with van der Waals surface area (Å²) in [7, 11) is -3.96. The Labute approximate surface area is 206 Å². The molecule has 35 heavy (non-hydrogen) atoms. The number of sulfonamides is 1. The molecule has 2 aromatic heterocycles. The molecule has 3 heterocycles. The second kappa shape index (κ2) is 9.88. The number of nitriles is 1. The highest BCUT2D eigenvalue weighted by molar-refractivity contribution is 7.89. The number of hydrogen-bond acceptors (Lipinski definition) is 4. The molecule has 1 saturated carbocycles. The molecule has 3 atom stereocenters. The standard InChI is InChI=1S/C26H31N5O3S/c27-17-21-7-4-14-30(21)16-12-24(26(32)31-15-11-19-5-1-2-6-20(19)18-31)29-35(33,34)25-9-3-8-23-22(25)10-13-28-23/h3-4,7-10,13-14,19-20,24,28-29H,1-2,5-6,11-12,15-16,18H2/t19-,20+,24?/m0/s1. The van der Waals surface area contributed by atoms with E-state index in [-0.39, 0.29) is 17.2 Å². The zero-order valence-corrected chi connectivity index (χ0v) is 20.5. The van der Waals surface area contributed by atoms with Gasteiger partial charge in [-0.3, -0.25) is 4.79 Å². The number of carbonyl (C=O) groups excluding carboxylic acids is 1. The van der Waals surface area contributed by atoms with Gasteiger partial charge in [0.2, 0.25) is 15.9 Å². The molecule has 5 rings (SSSR count). The van der Waals surface area contributed by atoms with Gasteiger partial charge in [0.05, 0.1) is 4.90 Å². The topological polar surface area (TPSA) is 111 Å².